The lowest BCUT2D eigenvalue weighted by Gasteiger charge is -2.10. The van der Waals surface area contributed by atoms with E-state index in [9.17, 15) is 8.42 Å². The molecule has 0 unspecified atom stereocenters. The number of benzene rings is 1. The predicted octanol–water partition coefficient (Wildman–Crippen LogP) is 2.54. The van der Waals surface area contributed by atoms with Crippen molar-refractivity contribution < 1.29 is 8.42 Å². The molecule has 3 nitrogen and oxygen atoms in total. The Morgan fingerprint density at radius 2 is 1.94 bits per heavy atom. The number of hydrogen-bond acceptors (Lipinski definition) is 3. The molecule has 0 atom stereocenters. The first kappa shape index (κ1) is 14.0. The van der Waals surface area contributed by atoms with Gasteiger partial charge in [-0.25, -0.2) is 8.42 Å². The van der Waals surface area contributed by atoms with Crippen molar-refractivity contribution in [2.75, 3.05) is 11.5 Å². The maximum Gasteiger partial charge on any atom is 0.154 e. The van der Waals surface area contributed by atoms with Gasteiger partial charge in [0.05, 0.1) is 11.5 Å². The van der Waals surface area contributed by atoms with E-state index < -0.39 is 9.84 Å². The van der Waals surface area contributed by atoms with Gasteiger partial charge in [-0.15, -0.1) is 0 Å². The second-order valence-corrected chi connectivity index (χ2v) is 7.09. The van der Waals surface area contributed by atoms with E-state index in [1.165, 1.54) is 0 Å². The molecule has 0 bridgehead atoms. The minimum Gasteiger partial charge on any atom is -0.399 e. The van der Waals surface area contributed by atoms with Crippen molar-refractivity contribution in [3.8, 4) is 0 Å². The fourth-order valence-electron chi connectivity index (χ4n) is 1.58. The van der Waals surface area contributed by atoms with E-state index >= 15 is 0 Å². The molecule has 0 saturated heterocycles. The van der Waals surface area contributed by atoms with Gasteiger partial charge < -0.3 is 5.73 Å². The lowest BCUT2D eigenvalue weighted by molar-refractivity contribution is 0.573. The van der Waals surface area contributed by atoms with Gasteiger partial charge in [-0.3, -0.25) is 0 Å². The zero-order chi connectivity index (χ0) is 13.1. The summed E-state index contributed by atoms with van der Waals surface area (Å²) in [5.41, 5.74) is 8.11. The van der Waals surface area contributed by atoms with Crippen molar-refractivity contribution in [2.45, 2.75) is 32.9 Å². The molecule has 0 heterocycles. The predicted molar refractivity (Wildman–Crippen MR) is 72.5 cm³/mol. The van der Waals surface area contributed by atoms with Crippen LogP contribution in [0.3, 0.4) is 0 Å². The Kier molecular flexibility index (Phi) is 4.57. The van der Waals surface area contributed by atoms with Crippen molar-refractivity contribution in [1.82, 2.24) is 0 Å². The highest BCUT2D eigenvalue weighted by Crippen LogP contribution is 2.19. The Labute approximate surface area is 104 Å². The average molecular weight is 255 g/mol. The fraction of sp³-hybridized carbons (Fsp3) is 0.538. The van der Waals surface area contributed by atoms with Crippen LogP contribution in [0.2, 0.25) is 0 Å². The van der Waals surface area contributed by atoms with E-state index in [1.807, 2.05) is 26.8 Å². The minimum absolute atomic E-state index is 0.0938. The molecule has 0 radical (unpaired) electrons. The van der Waals surface area contributed by atoms with Crippen LogP contribution in [0.25, 0.3) is 0 Å². The summed E-state index contributed by atoms with van der Waals surface area (Å²) >= 11 is 0. The van der Waals surface area contributed by atoms with Crippen molar-refractivity contribution in [3.63, 3.8) is 0 Å². The molecule has 1 rings (SSSR count). The standard InChI is InChI=1S/C13H21NO2S/c1-10(2)7-8-17(15,16)9-12-5-4-6-13(14)11(12)3/h4-6,10H,7-9,14H2,1-3H3. The summed E-state index contributed by atoms with van der Waals surface area (Å²) in [5.74, 6) is 0.752. The molecule has 1 aromatic rings. The normalized spacial score (nSPS) is 12.0. The number of anilines is 1. The van der Waals surface area contributed by atoms with E-state index in [4.69, 9.17) is 5.73 Å². The number of sulfone groups is 1. The Bertz CT molecular complexity index is 478. The highest BCUT2D eigenvalue weighted by Gasteiger charge is 2.14. The fourth-order valence-corrected chi connectivity index (χ4v) is 3.35. The van der Waals surface area contributed by atoms with E-state index in [2.05, 4.69) is 0 Å². The molecular weight excluding hydrogens is 234 g/mol. The molecule has 1 aromatic carbocycles. The van der Waals surface area contributed by atoms with Crippen molar-refractivity contribution >= 4 is 15.5 Å². The molecule has 0 aromatic heterocycles. The van der Waals surface area contributed by atoms with Crippen LogP contribution >= 0.6 is 0 Å². The lowest BCUT2D eigenvalue weighted by Crippen LogP contribution is -2.12. The topological polar surface area (TPSA) is 60.2 Å². The zero-order valence-corrected chi connectivity index (χ0v) is 11.5. The summed E-state index contributed by atoms with van der Waals surface area (Å²) < 4.78 is 23.9. The molecule has 0 amide bonds. The van der Waals surface area contributed by atoms with Gasteiger partial charge in [0.2, 0.25) is 0 Å². The molecule has 96 valence electrons. The molecule has 0 saturated carbocycles. The summed E-state index contributed by atoms with van der Waals surface area (Å²) in [6.45, 7) is 5.92. The SMILES string of the molecule is Cc1c(N)cccc1CS(=O)(=O)CCC(C)C. The first-order valence-corrected chi connectivity index (χ1v) is 7.68. The van der Waals surface area contributed by atoms with E-state index in [1.54, 1.807) is 12.1 Å². The third-order valence-electron chi connectivity index (χ3n) is 2.87. The van der Waals surface area contributed by atoms with Gasteiger partial charge in [0.15, 0.2) is 9.84 Å². The second kappa shape index (κ2) is 5.54. The Morgan fingerprint density at radius 3 is 2.53 bits per heavy atom. The van der Waals surface area contributed by atoms with Crippen LogP contribution < -0.4 is 5.73 Å². The van der Waals surface area contributed by atoms with Crippen molar-refractivity contribution in [3.05, 3.63) is 29.3 Å². The van der Waals surface area contributed by atoms with Crippen molar-refractivity contribution in [1.29, 1.82) is 0 Å². The summed E-state index contributed by atoms with van der Waals surface area (Å²) in [6, 6.07) is 5.42. The molecule has 0 spiro atoms. The van der Waals surface area contributed by atoms with Gasteiger partial charge in [0.1, 0.15) is 0 Å². The highest BCUT2D eigenvalue weighted by atomic mass is 32.2. The first-order chi connectivity index (χ1) is 7.82. The molecule has 0 aliphatic heterocycles. The van der Waals surface area contributed by atoms with E-state index in [0.29, 0.717) is 18.0 Å². The largest absolute Gasteiger partial charge is 0.399 e. The molecule has 4 heteroatoms. The quantitative estimate of drug-likeness (QED) is 0.822. The zero-order valence-electron chi connectivity index (χ0n) is 10.7. The monoisotopic (exact) mass is 255 g/mol. The Hall–Kier alpha value is -1.03. The summed E-state index contributed by atoms with van der Waals surface area (Å²) in [6.07, 6.45) is 0.712. The van der Waals surface area contributed by atoms with Gasteiger partial charge in [0, 0.05) is 5.69 Å². The Balaban J connectivity index is 2.80. The van der Waals surface area contributed by atoms with Crippen molar-refractivity contribution in [2.24, 2.45) is 5.92 Å². The molecule has 2 N–H and O–H groups in total. The van der Waals surface area contributed by atoms with E-state index in [-0.39, 0.29) is 11.5 Å². The minimum atomic E-state index is -3.02. The molecule has 17 heavy (non-hydrogen) atoms. The Morgan fingerprint density at radius 1 is 1.29 bits per heavy atom. The van der Waals surface area contributed by atoms with Crippen LogP contribution in [-0.4, -0.2) is 14.2 Å². The van der Waals surface area contributed by atoms with E-state index in [0.717, 1.165) is 11.1 Å². The summed E-state index contributed by atoms with van der Waals surface area (Å²) in [4.78, 5) is 0. The van der Waals surface area contributed by atoms with Crippen LogP contribution in [0, 0.1) is 12.8 Å². The second-order valence-electron chi connectivity index (χ2n) is 4.91. The number of rotatable bonds is 5. The third-order valence-corrected chi connectivity index (χ3v) is 4.48. The molecular formula is C13H21NO2S. The van der Waals surface area contributed by atoms with Gasteiger partial charge >= 0.3 is 0 Å². The number of hydrogen-bond donors (Lipinski definition) is 1. The van der Waals surface area contributed by atoms with Crippen LogP contribution in [0.5, 0.6) is 0 Å². The number of nitrogen functional groups attached to an aromatic ring is 1. The van der Waals surface area contributed by atoms with Gasteiger partial charge in [-0.1, -0.05) is 26.0 Å². The summed E-state index contributed by atoms with van der Waals surface area (Å²) in [7, 11) is -3.02. The molecule has 0 aliphatic rings. The molecule has 0 fully saturated rings. The highest BCUT2D eigenvalue weighted by molar-refractivity contribution is 7.90. The van der Waals surface area contributed by atoms with Crippen LogP contribution in [0.15, 0.2) is 18.2 Å². The van der Waals surface area contributed by atoms with Gasteiger partial charge in [-0.05, 0) is 36.5 Å². The first-order valence-electron chi connectivity index (χ1n) is 5.86. The molecule has 0 aliphatic carbocycles. The van der Waals surface area contributed by atoms with Gasteiger partial charge in [0.25, 0.3) is 0 Å². The maximum absolute atomic E-state index is 11.9. The number of nitrogens with two attached hydrogens (primary N) is 1. The van der Waals surface area contributed by atoms with Crippen LogP contribution in [0.1, 0.15) is 31.4 Å². The smallest absolute Gasteiger partial charge is 0.154 e. The van der Waals surface area contributed by atoms with Crippen LogP contribution in [0.4, 0.5) is 5.69 Å². The van der Waals surface area contributed by atoms with Crippen LogP contribution in [-0.2, 0) is 15.6 Å². The summed E-state index contributed by atoms with van der Waals surface area (Å²) in [5, 5.41) is 0. The van der Waals surface area contributed by atoms with Gasteiger partial charge in [-0.2, -0.15) is 0 Å². The third kappa shape index (κ3) is 4.38. The maximum atomic E-state index is 11.9. The average Bonchev–Trinajstić information content (AvgIpc) is 2.22. The lowest BCUT2D eigenvalue weighted by atomic mass is 10.1.